The van der Waals surface area contributed by atoms with E-state index in [-0.39, 0.29) is 5.91 Å². The van der Waals surface area contributed by atoms with Crippen LogP contribution in [0.15, 0.2) is 35.9 Å². The molecule has 0 atom stereocenters. The fourth-order valence-corrected chi connectivity index (χ4v) is 1.10. The second-order valence-electron chi connectivity index (χ2n) is 2.91. The lowest BCUT2D eigenvalue weighted by molar-refractivity contribution is -0.112. The van der Waals surface area contributed by atoms with E-state index < -0.39 is 0 Å². The number of benzene rings is 1. The van der Waals surface area contributed by atoms with E-state index in [1.54, 1.807) is 25.1 Å². The van der Waals surface area contributed by atoms with Gasteiger partial charge in [0.15, 0.2) is 0 Å². The van der Waals surface area contributed by atoms with Gasteiger partial charge in [-0.15, -0.1) is 0 Å². The van der Waals surface area contributed by atoms with Crippen LogP contribution < -0.4 is 5.32 Å². The molecule has 1 amide bonds. The zero-order valence-electron chi connectivity index (χ0n) is 8.17. The van der Waals surface area contributed by atoms with Crippen molar-refractivity contribution in [2.75, 3.05) is 5.32 Å². The number of halogens is 1. The molecule has 0 bridgehead atoms. The molecule has 0 fully saturated rings. The van der Waals surface area contributed by atoms with Gasteiger partial charge in [0.05, 0.1) is 10.7 Å². The molecule has 0 aliphatic carbocycles. The Balaban J connectivity index is 2.80. The average Bonchev–Trinajstić information content (AvgIpc) is 2.20. The average molecular weight is 210 g/mol. The summed E-state index contributed by atoms with van der Waals surface area (Å²) in [7, 11) is 0. The third-order valence-electron chi connectivity index (χ3n) is 1.91. The molecule has 1 aromatic rings. The largest absolute Gasteiger partial charge is 0.321 e. The van der Waals surface area contributed by atoms with Crippen LogP contribution >= 0.6 is 11.6 Å². The number of allylic oxidation sites excluding steroid dienone is 1. The first-order valence-corrected chi connectivity index (χ1v) is 4.71. The number of hydrogen-bond acceptors (Lipinski definition) is 1. The molecule has 0 heterocycles. The Hall–Kier alpha value is -1.28. The highest BCUT2D eigenvalue weighted by atomic mass is 35.5. The third-order valence-corrected chi connectivity index (χ3v) is 2.24. The Morgan fingerprint density at radius 3 is 2.64 bits per heavy atom. The lowest BCUT2D eigenvalue weighted by atomic mass is 10.2. The van der Waals surface area contributed by atoms with Gasteiger partial charge in [0.2, 0.25) is 0 Å². The van der Waals surface area contributed by atoms with Gasteiger partial charge in [0.1, 0.15) is 0 Å². The Morgan fingerprint density at radius 2 is 2.07 bits per heavy atom. The summed E-state index contributed by atoms with van der Waals surface area (Å²) >= 11 is 5.88. The first-order valence-electron chi connectivity index (χ1n) is 4.34. The summed E-state index contributed by atoms with van der Waals surface area (Å²) in [5, 5.41) is 3.27. The number of carbonyl (C=O) groups is 1. The molecule has 0 aromatic heterocycles. The zero-order chi connectivity index (χ0) is 10.6. The number of carbonyl (C=O) groups excluding carboxylic acids is 1. The highest BCUT2D eigenvalue weighted by molar-refractivity contribution is 6.33. The van der Waals surface area contributed by atoms with Crippen molar-refractivity contribution in [1.29, 1.82) is 0 Å². The minimum absolute atomic E-state index is 0.124. The van der Waals surface area contributed by atoms with Crippen molar-refractivity contribution in [3.8, 4) is 0 Å². The standard InChI is InChI=1S/C11H12ClNO/c1-3-8(2)11(14)13-10-7-5-4-6-9(10)12/h3-7H,1-2H3,(H,13,14)/b8-3-. The van der Waals surface area contributed by atoms with E-state index in [1.807, 2.05) is 19.1 Å². The van der Waals surface area contributed by atoms with E-state index in [9.17, 15) is 4.79 Å². The Bertz CT molecular complexity index is 371. The van der Waals surface area contributed by atoms with E-state index in [0.717, 1.165) is 0 Å². The molecule has 14 heavy (non-hydrogen) atoms. The van der Waals surface area contributed by atoms with Gasteiger partial charge in [-0.25, -0.2) is 0 Å². The molecule has 3 heteroatoms. The Morgan fingerprint density at radius 1 is 1.43 bits per heavy atom. The molecule has 1 N–H and O–H groups in total. The molecule has 2 nitrogen and oxygen atoms in total. The van der Waals surface area contributed by atoms with E-state index in [2.05, 4.69) is 5.32 Å². The zero-order valence-corrected chi connectivity index (χ0v) is 8.93. The van der Waals surface area contributed by atoms with Gasteiger partial charge in [-0.2, -0.15) is 0 Å². The van der Waals surface area contributed by atoms with Crippen LogP contribution in [-0.2, 0) is 4.79 Å². The Labute approximate surface area is 88.6 Å². The maximum atomic E-state index is 11.5. The number of amides is 1. The quantitative estimate of drug-likeness (QED) is 0.745. The van der Waals surface area contributed by atoms with Crippen molar-refractivity contribution >= 4 is 23.2 Å². The summed E-state index contributed by atoms with van der Waals surface area (Å²) < 4.78 is 0. The van der Waals surface area contributed by atoms with Gasteiger partial charge in [0, 0.05) is 5.57 Å². The van der Waals surface area contributed by atoms with Gasteiger partial charge in [-0.05, 0) is 26.0 Å². The molecule has 0 unspecified atom stereocenters. The summed E-state index contributed by atoms with van der Waals surface area (Å²) in [6.07, 6.45) is 1.76. The van der Waals surface area contributed by atoms with E-state index in [1.165, 1.54) is 0 Å². The van der Waals surface area contributed by atoms with Crippen LogP contribution in [0.2, 0.25) is 5.02 Å². The van der Waals surface area contributed by atoms with Crippen LogP contribution in [-0.4, -0.2) is 5.91 Å². The fourth-order valence-electron chi connectivity index (χ4n) is 0.915. The summed E-state index contributed by atoms with van der Waals surface area (Å²) in [6, 6.07) is 7.15. The van der Waals surface area contributed by atoms with E-state index in [4.69, 9.17) is 11.6 Å². The van der Waals surface area contributed by atoms with Crippen LogP contribution in [0.1, 0.15) is 13.8 Å². The van der Waals surface area contributed by atoms with Gasteiger partial charge in [-0.3, -0.25) is 4.79 Å². The molecule has 74 valence electrons. The van der Waals surface area contributed by atoms with Crippen molar-refractivity contribution in [3.05, 3.63) is 40.9 Å². The first-order chi connectivity index (χ1) is 6.65. The summed E-state index contributed by atoms with van der Waals surface area (Å²) in [5.74, 6) is -0.124. The molecular weight excluding hydrogens is 198 g/mol. The SMILES string of the molecule is C/C=C(/C)C(=O)Nc1ccccc1Cl. The predicted molar refractivity (Wildman–Crippen MR) is 59.5 cm³/mol. The van der Waals surface area contributed by atoms with Crippen LogP contribution in [0, 0.1) is 0 Å². The van der Waals surface area contributed by atoms with Crippen molar-refractivity contribution in [2.45, 2.75) is 13.8 Å². The first kappa shape index (κ1) is 10.8. The van der Waals surface area contributed by atoms with Crippen LogP contribution in [0.25, 0.3) is 0 Å². The highest BCUT2D eigenvalue weighted by Crippen LogP contribution is 2.20. The maximum Gasteiger partial charge on any atom is 0.251 e. The second kappa shape index (κ2) is 4.82. The van der Waals surface area contributed by atoms with Crippen molar-refractivity contribution in [1.82, 2.24) is 0 Å². The molecule has 0 aliphatic heterocycles. The van der Waals surface area contributed by atoms with Gasteiger partial charge >= 0.3 is 0 Å². The summed E-state index contributed by atoms with van der Waals surface area (Å²) in [5.41, 5.74) is 1.31. The number of para-hydroxylation sites is 1. The maximum absolute atomic E-state index is 11.5. The lowest BCUT2D eigenvalue weighted by Gasteiger charge is -2.06. The number of hydrogen-bond donors (Lipinski definition) is 1. The van der Waals surface area contributed by atoms with Crippen molar-refractivity contribution < 1.29 is 4.79 Å². The number of anilines is 1. The Kier molecular flexibility index (Phi) is 3.72. The third kappa shape index (κ3) is 2.60. The number of nitrogens with one attached hydrogen (secondary N) is 1. The molecule has 0 saturated carbocycles. The second-order valence-corrected chi connectivity index (χ2v) is 3.31. The van der Waals surface area contributed by atoms with Gasteiger partial charge in [-0.1, -0.05) is 29.8 Å². The van der Waals surface area contributed by atoms with Crippen LogP contribution in [0.3, 0.4) is 0 Å². The minimum Gasteiger partial charge on any atom is -0.321 e. The normalized spacial score (nSPS) is 11.2. The smallest absolute Gasteiger partial charge is 0.251 e. The molecule has 1 rings (SSSR count). The van der Waals surface area contributed by atoms with Crippen molar-refractivity contribution in [3.63, 3.8) is 0 Å². The fraction of sp³-hybridized carbons (Fsp3) is 0.182. The van der Waals surface area contributed by atoms with Gasteiger partial charge < -0.3 is 5.32 Å². The van der Waals surface area contributed by atoms with Crippen LogP contribution in [0.5, 0.6) is 0 Å². The van der Waals surface area contributed by atoms with Crippen LogP contribution in [0.4, 0.5) is 5.69 Å². The van der Waals surface area contributed by atoms with Gasteiger partial charge in [0.25, 0.3) is 5.91 Å². The van der Waals surface area contributed by atoms with Crippen molar-refractivity contribution in [2.24, 2.45) is 0 Å². The molecule has 0 spiro atoms. The lowest BCUT2D eigenvalue weighted by Crippen LogP contribution is -2.12. The van der Waals surface area contributed by atoms with E-state index >= 15 is 0 Å². The molecular formula is C11H12ClNO. The molecule has 0 saturated heterocycles. The molecule has 1 aromatic carbocycles. The topological polar surface area (TPSA) is 29.1 Å². The number of rotatable bonds is 2. The molecule has 0 aliphatic rings. The minimum atomic E-state index is -0.124. The monoisotopic (exact) mass is 209 g/mol. The molecule has 0 radical (unpaired) electrons. The predicted octanol–water partition coefficient (Wildman–Crippen LogP) is 3.24. The highest BCUT2D eigenvalue weighted by Gasteiger charge is 2.05. The summed E-state index contributed by atoms with van der Waals surface area (Å²) in [6.45, 7) is 3.58. The van der Waals surface area contributed by atoms with E-state index in [0.29, 0.717) is 16.3 Å². The summed E-state index contributed by atoms with van der Waals surface area (Å²) in [4.78, 5) is 11.5.